The summed E-state index contributed by atoms with van der Waals surface area (Å²) in [7, 11) is 1.51. The van der Waals surface area contributed by atoms with E-state index in [-0.39, 0.29) is 11.1 Å². The summed E-state index contributed by atoms with van der Waals surface area (Å²) < 4.78 is 18.2. The summed E-state index contributed by atoms with van der Waals surface area (Å²) in [5.41, 5.74) is 2.26. The molecule has 1 aliphatic heterocycles. The molecule has 9 heteroatoms. The molecule has 0 saturated heterocycles. The van der Waals surface area contributed by atoms with E-state index in [1.54, 1.807) is 22.8 Å². The van der Waals surface area contributed by atoms with Gasteiger partial charge in [0, 0.05) is 29.8 Å². The molecule has 5 aromatic rings. The van der Waals surface area contributed by atoms with Crippen LogP contribution in [0.3, 0.4) is 0 Å². The van der Waals surface area contributed by atoms with Gasteiger partial charge in [0.15, 0.2) is 6.61 Å². The minimum Gasteiger partial charge on any atom is -0.495 e. The number of methoxy groups -OCH3 is 1. The van der Waals surface area contributed by atoms with Crippen LogP contribution in [0.5, 0.6) is 5.75 Å². The van der Waals surface area contributed by atoms with E-state index in [2.05, 4.69) is 10.3 Å². The van der Waals surface area contributed by atoms with Crippen molar-refractivity contribution in [3.63, 3.8) is 0 Å². The van der Waals surface area contributed by atoms with Crippen LogP contribution in [-0.4, -0.2) is 35.1 Å². The molecule has 0 spiro atoms. The average molecular weight is 483 g/mol. The zero-order valence-electron chi connectivity index (χ0n) is 19.4. The number of carbonyl (C=O) groups is 2. The number of para-hydroxylation sites is 1. The van der Waals surface area contributed by atoms with Crippen molar-refractivity contribution in [1.82, 2.24) is 9.55 Å². The minimum absolute atomic E-state index is 0.109. The first-order chi connectivity index (χ1) is 17.5. The lowest BCUT2D eigenvalue weighted by Gasteiger charge is -2.11. The monoisotopic (exact) mass is 483 g/mol. The van der Waals surface area contributed by atoms with Gasteiger partial charge in [0.25, 0.3) is 11.5 Å². The van der Waals surface area contributed by atoms with E-state index in [9.17, 15) is 14.4 Å². The van der Waals surface area contributed by atoms with Crippen molar-refractivity contribution in [2.75, 3.05) is 19.0 Å². The van der Waals surface area contributed by atoms with Gasteiger partial charge in [-0.15, -0.1) is 0 Å². The predicted molar refractivity (Wildman–Crippen MR) is 134 cm³/mol. The van der Waals surface area contributed by atoms with E-state index < -0.39 is 18.5 Å². The zero-order chi connectivity index (χ0) is 24.8. The van der Waals surface area contributed by atoms with Gasteiger partial charge >= 0.3 is 5.97 Å². The maximum absolute atomic E-state index is 12.6. The first-order valence-corrected chi connectivity index (χ1v) is 11.5. The fourth-order valence-electron chi connectivity index (χ4n) is 4.63. The molecule has 1 N–H and O–H groups in total. The molecule has 6 rings (SSSR count). The molecule has 0 saturated carbocycles. The van der Waals surface area contributed by atoms with Crippen LogP contribution in [-0.2, 0) is 22.5 Å². The van der Waals surface area contributed by atoms with Crippen LogP contribution >= 0.6 is 0 Å². The Bertz CT molecular complexity index is 1750. The third kappa shape index (κ3) is 3.65. The SMILES string of the molecule is COc1cc2c(cc1NC(=O)COC(=O)c1ccc3c(=O)n4c(nc3c1)CCC4)oc1ccccc12. The van der Waals surface area contributed by atoms with Crippen LogP contribution in [0.2, 0.25) is 0 Å². The molecule has 180 valence electrons. The summed E-state index contributed by atoms with van der Waals surface area (Å²) in [6.07, 6.45) is 1.60. The van der Waals surface area contributed by atoms with Gasteiger partial charge < -0.3 is 19.2 Å². The van der Waals surface area contributed by atoms with Crippen LogP contribution in [0.15, 0.2) is 63.8 Å². The average Bonchev–Trinajstić information content (AvgIpc) is 3.51. The van der Waals surface area contributed by atoms with Gasteiger partial charge in [0.1, 0.15) is 22.7 Å². The number of rotatable bonds is 5. The highest BCUT2D eigenvalue weighted by Gasteiger charge is 2.19. The quantitative estimate of drug-likeness (QED) is 0.375. The number of carbonyl (C=O) groups excluding carboxylic acids is 2. The molecule has 1 aliphatic rings. The Hall–Kier alpha value is -4.66. The molecule has 0 radical (unpaired) electrons. The number of hydrogen-bond acceptors (Lipinski definition) is 7. The van der Waals surface area contributed by atoms with Crippen molar-refractivity contribution in [3.8, 4) is 5.75 Å². The minimum atomic E-state index is -0.686. The van der Waals surface area contributed by atoms with Gasteiger partial charge in [-0.2, -0.15) is 0 Å². The van der Waals surface area contributed by atoms with Gasteiger partial charge in [-0.3, -0.25) is 14.2 Å². The highest BCUT2D eigenvalue weighted by molar-refractivity contribution is 6.08. The highest BCUT2D eigenvalue weighted by atomic mass is 16.5. The Morgan fingerprint density at radius 1 is 1.06 bits per heavy atom. The van der Waals surface area contributed by atoms with E-state index in [1.165, 1.54) is 19.2 Å². The van der Waals surface area contributed by atoms with Crippen molar-refractivity contribution < 1.29 is 23.5 Å². The number of nitrogens with one attached hydrogen (secondary N) is 1. The molecular weight excluding hydrogens is 462 g/mol. The Morgan fingerprint density at radius 3 is 2.78 bits per heavy atom. The standard InChI is InChI=1S/C27H21N3O6/c1-34-23-12-18-16-5-2-3-6-21(16)36-22(18)13-20(23)29-25(31)14-35-27(33)15-8-9-17-19(11-15)28-24-7-4-10-30(24)26(17)32/h2-3,5-6,8-9,11-13H,4,7,10,14H2,1H3,(H,29,31). The van der Waals surface area contributed by atoms with Crippen molar-refractivity contribution in [2.45, 2.75) is 19.4 Å². The Morgan fingerprint density at radius 2 is 1.92 bits per heavy atom. The summed E-state index contributed by atoms with van der Waals surface area (Å²) in [6, 6.07) is 15.7. The van der Waals surface area contributed by atoms with E-state index in [0.29, 0.717) is 40.3 Å². The normalized spacial score (nSPS) is 12.7. The van der Waals surface area contributed by atoms with E-state index >= 15 is 0 Å². The first kappa shape index (κ1) is 21.8. The maximum Gasteiger partial charge on any atom is 0.338 e. The van der Waals surface area contributed by atoms with Crippen molar-refractivity contribution in [3.05, 3.63) is 76.3 Å². The fourth-order valence-corrected chi connectivity index (χ4v) is 4.63. The van der Waals surface area contributed by atoms with Crippen LogP contribution in [0.1, 0.15) is 22.6 Å². The first-order valence-electron chi connectivity index (χ1n) is 11.5. The number of fused-ring (bicyclic) bond motifs is 5. The number of aromatic nitrogens is 2. The number of benzene rings is 3. The maximum atomic E-state index is 12.6. The molecule has 3 heterocycles. The number of ether oxygens (including phenoxy) is 2. The van der Waals surface area contributed by atoms with Gasteiger partial charge in [-0.1, -0.05) is 18.2 Å². The van der Waals surface area contributed by atoms with Gasteiger partial charge in [0.05, 0.1) is 29.3 Å². The summed E-state index contributed by atoms with van der Waals surface area (Å²) in [6.45, 7) is 0.155. The fraction of sp³-hybridized carbons (Fsp3) is 0.185. The molecule has 3 aromatic carbocycles. The van der Waals surface area contributed by atoms with Crippen molar-refractivity contribution in [2.24, 2.45) is 0 Å². The summed E-state index contributed by atoms with van der Waals surface area (Å²) in [5, 5.41) is 4.96. The number of esters is 1. The van der Waals surface area contributed by atoms with E-state index in [0.717, 1.165) is 29.2 Å². The topological polar surface area (TPSA) is 113 Å². The van der Waals surface area contributed by atoms with Crippen molar-refractivity contribution >= 4 is 50.4 Å². The number of nitrogens with zero attached hydrogens (tertiary/aromatic N) is 2. The largest absolute Gasteiger partial charge is 0.495 e. The van der Waals surface area contributed by atoms with Gasteiger partial charge in [-0.25, -0.2) is 9.78 Å². The molecular formula is C27H21N3O6. The predicted octanol–water partition coefficient (Wildman–Crippen LogP) is 4.05. The third-order valence-electron chi connectivity index (χ3n) is 6.36. The highest BCUT2D eigenvalue weighted by Crippen LogP contribution is 2.36. The number of anilines is 1. The third-order valence-corrected chi connectivity index (χ3v) is 6.36. The molecule has 9 nitrogen and oxygen atoms in total. The molecule has 0 aliphatic carbocycles. The molecule has 1 amide bonds. The lowest BCUT2D eigenvalue weighted by atomic mass is 10.1. The van der Waals surface area contributed by atoms with Crippen LogP contribution < -0.4 is 15.6 Å². The summed E-state index contributed by atoms with van der Waals surface area (Å²) in [4.78, 5) is 42.3. The zero-order valence-corrected chi connectivity index (χ0v) is 19.4. The number of aryl methyl sites for hydroxylation is 1. The van der Waals surface area contributed by atoms with Crippen LogP contribution in [0.4, 0.5) is 5.69 Å². The number of amides is 1. The summed E-state index contributed by atoms with van der Waals surface area (Å²) in [5.74, 6) is -0.0536. The Labute approximate surface area is 204 Å². The number of furan rings is 1. The van der Waals surface area contributed by atoms with Crippen molar-refractivity contribution in [1.29, 1.82) is 0 Å². The molecule has 2 aromatic heterocycles. The lowest BCUT2D eigenvalue weighted by molar-refractivity contribution is -0.119. The second-order valence-electron chi connectivity index (χ2n) is 8.59. The lowest BCUT2D eigenvalue weighted by Crippen LogP contribution is -2.22. The molecule has 0 bridgehead atoms. The second kappa shape index (κ2) is 8.53. The smallest absolute Gasteiger partial charge is 0.338 e. The number of hydrogen-bond donors (Lipinski definition) is 1. The van der Waals surface area contributed by atoms with Gasteiger partial charge in [-0.05, 0) is 36.8 Å². The molecule has 0 unspecified atom stereocenters. The van der Waals surface area contributed by atoms with Crippen LogP contribution in [0.25, 0.3) is 32.8 Å². The van der Waals surface area contributed by atoms with Crippen LogP contribution in [0, 0.1) is 0 Å². The molecule has 36 heavy (non-hydrogen) atoms. The van der Waals surface area contributed by atoms with E-state index in [4.69, 9.17) is 13.9 Å². The Balaban J connectivity index is 1.18. The second-order valence-corrected chi connectivity index (χ2v) is 8.59. The van der Waals surface area contributed by atoms with Gasteiger partial charge in [0.2, 0.25) is 0 Å². The molecule has 0 atom stereocenters. The Kier molecular flexibility index (Phi) is 5.18. The van der Waals surface area contributed by atoms with E-state index in [1.807, 2.05) is 24.3 Å². The summed E-state index contributed by atoms with van der Waals surface area (Å²) >= 11 is 0. The molecule has 0 fully saturated rings.